The van der Waals surface area contributed by atoms with Crippen LogP contribution in [0.1, 0.15) is 53.0 Å². The zero-order valence-electron chi connectivity index (χ0n) is 17.7. The number of benzene rings is 1. The van der Waals surface area contributed by atoms with E-state index in [4.69, 9.17) is 4.74 Å². The second kappa shape index (κ2) is 9.13. The van der Waals surface area contributed by atoms with Crippen molar-refractivity contribution in [1.82, 2.24) is 14.9 Å². The third-order valence-electron chi connectivity index (χ3n) is 4.25. The van der Waals surface area contributed by atoms with Gasteiger partial charge in [0.25, 0.3) is 0 Å². The van der Waals surface area contributed by atoms with Crippen molar-refractivity contribution in [3.63, 3.8) is 0 Å². The van der Waals surface area contributed by atoms with Gasteiger partial charge in [0.2, 0.25) is 15.9 Å². The zero-order valence-corrected chi connectivity index (χ0v) is 18.5. The van der Waals surface area contributed by atoms with Crippen LogP contribution in [0, 0.1) is 0 Å². The standard InChI is InChI=1S/C20H31N3O5S/c1-14(2)22-29(26,27)16-9-6-8-15(12-16)13-21-18(24)17-10-7-11-23(17)19(25)28-20(3,4)5/h6,8-9,12,14,17,22H,7,10-11,13H2,1-5H3,(H,21,24). The van der Waals surface area contributed by atoms with Crippen molar-refractivity contribution in [2.24, 2.45) is 0 Å². The van der Waals surface area contributed by atoms with E-state index in [9.17, 15) is 18.0 Å². The zero-order chi connectivity index (χ0) is 21.8. The summed E-state index contributed by atoms with van der Waals surface area (Å²) < 4.78 is 32.6. The van der Waals surface area contributed by atoms with Gasteiger partial charge in [-0.2, -0.15) is 0 Å². The highest BCUT2D eigenvalue weighted by molar-refractivity contribution is 7.89. The van der Waals surface area contributed by atoms with E-state index < -0.39 is 27.8 Å². The lowest BCUT2D eigenvalue weighted by Gasteiger charge is -2.28. The van der Waals surface area contributed by atoms with E-state index >= 15 is 0 Å². The van der Waals surface area contributed by atoms with Gasteiger partial charge in [0, 0.05) is 19.1 Å². The molecular formula is C20H31N3O5S. The molecule has 1 atom stereocenters. The highest BCUT2D eigenvalue weighted by atomic mass is 32.2. The van der Waals surface area contributed by atoms with E-state index in [1.165, 1.54) is 17.0 Å². The molecule has 1 heterocycles. The molecule has 1 aromatic rings. The van der Waals surface area contributed by atoms with Gasteiger partial charge in [-0.05, 0) is 65.2 Å². The SMILES string of the molecule is CC(C)NS(=O)(=O)c1cccc(CNC(=O)C2CCCN2C(=O)OC(C)(C)C)c1. The summed E-state index contributed by atoms with van der Waals surface area (Å²) in [6, 6.07) is 5.63. The van der Waals surface area contributed by atoms with Crippen molar-refractivity contribution >= 4 is 22.0 Å². The van der Waals surface area contributed by atoms with Crippen LogP contribution in [0.3, 0.4) is 0 Å². The second-order valence-corrected chi connectivity index (χ2v) is 10.2. The second-order valence-electron chi connectivity index (χ2n) is 8.47. The maximum absolute atomic E-state index is 12.6. The molecule has 1 aliphatic heterocycles. The first-order chi connectivity index (χ1) is 13.4. The first-order valence-corrected chi connectivity index (χ1v) is 11.3. The number of likely N-dealkylation sites (tertiary alicyclic amines) is 1. The van der Waals surface area contributed by atoms with Gasteiger partial charge < -0.3 is 10.1 Å². The van der Waals surface area contributed by atoms with Crippen molar-refractivity contribution in [3.05, 3.63) is 29.8 Å². The smallest absolute Gasteiger partial charge is 0.410 e. The minimum absolute atomic E-state index is 0.147. The molecule has 8 nitrogen and oxygen atoms in total. The predicted molar refractivity (Wildman–Crippen MR) is 110 cm³/mol. The summed E-state index contributed by atoms with van der Waals surface area (Å²) in [5.74, 6) is -0.276. The summed E-state index contributed by atoms with van der Waals surface area (Å²) in [5, 5.41) is 2.80. The molecule has 1 fully saturated rings. The van der Waals surface area contributed by atoms with Crippen LogP contribution in [0.15, 0.2) is 29.2 Å². The topological polar surface area (TPSA) is 105 Å². The number of hydrogen-bond acceptors (Lipinski definition) is 5. The third kappa shape index (κ3) is 6.71. The van der Waals surface area contributed by atoms with Crippen LogP contribution in [0.5, 0.6) is 0 Å². The number of sulfonamides is 1. The van der Waals surface area contributed by atoms with Crippen LogP contribution in [-0.2, 0) is 26.1 Å². The number of hydrogen-bond donors (Lipinski definition) is 2. The molecule has 29 heavy (non-hydrogen) atoms. The van der Waals surface area contributed by atoms with Crippen molar-refractivity contribution in [2.75, 3.05) is 6.54 Å². The number of nitrogens with zero attached hydrogens (tertiary/aromatic N) is 1. The molecule has 1 aromatic carbocycles. The molecule has 0 saturated carbocycles. The number of amides is 2. The minimum atomic E-state index is -3.61. The third-order valence-corrected chi connectivity index (χ3v) is 5.91. The van der Waals surface area contributed by atoms with Gasteiger partial charge in [0.05, 0.1) is 4.90 Å². The molecule has 162 valence electrons. The normalized spacial score (nSPS) is 17.4. The lowest BCUT2D eigenvalue weighted by Crippen LogP contribution is -2.47. The van der Waals surface area contributed by atoms with Crippen LogP contribution >= 0.6 is 0 Å². The molecule has 1 aliphatic rings. The molecule has 0 radical (unpaired) electrons. The molecule has 2 amide bonds. The van der Waals surface area contributed by atoms with Gasteiger partial charge in [0.15, 0.2) is 0 Å². The van der Waals surface area contributed by atoms with E-state index in [0.29, 0.717) is 18.5 Å². The number of ether oxygens (including phenoxy) is 1. The summed E-state index contributed by atoms with van der Waals surface area (Å²) in [6.45, 7) is 9.49. The molecule has 9 heteroatoms. The summed E-state index contributed by atoms with van der Waals surface area (Å²) in [4.78, 5) is 26.6. The monoisotopic (exact) mass is 425 g/mol. The lowest BCUT2D eigenvalue weighted by atomic mass is 10.2. The highest BCUT2D eigenvalue weighted by Crippen LogP contribution is 2.21. The maximum atomic E-state index is 12.6. The Balaban J connectivity index is 2.02. The van der Waals surface area contributed by atoms with Gasteiger partial charge in [0.1, 0.15) is 11.6 Å². The van der Waals surface area contributed by atoms with Gasteiger partial charge in [-0.3, -0.25) is 9.69 Å². The fraction of sp³-hybridized carbons (Fsp3) is 0.600. The summed E-state index contributed by atoms with van der Waals surface area (Å²) in [6.07, 6.45) is 0.798. The molecule has 0 aliphatic carbocycles. The quantitative estimate of drug-likeness (QED) is 0.728. The Morgan fingerprint density at radius 3 is 2.59 bits per heavy atom. The van der Waals surface area contributed by atoms with E-state index in [2.05, 4.69) is 10.0 Å². The Hall–Kier alpha value is -2.13. The van der Waals surface area contributed by atoms with Crippen molar-refractivity contribution in [1.29, 1.82) is 0 Å². The maximum Gasteiger partial charge on any atom is 0.410 e. The Kier molecular flexibility index (Phi) is 7.29. The summed E-state index contributed by atoms with van der Waals surface area (Å²) in [5.41, 5.74) is 0.0307. The fourth-order valence-corrected chi connectivity index (χ4v) is 4.41. The summed E-state index contributed by atoms with van der Waals surface area (Å²) in [7, 11) is -3.61. The Morgan fingerprint density at radius 2 is 1.97 bits per heavy atom. The fourth-order valence-electron chi connectivity index (χ4n) is 3.09. The van der Waals surface area contributed by atoms with E-state index in [0.717, 1.165) is 6.42 Å². The van der Waals surface area contributed by atoms with Gasteiger partial charge in [-0.25, -0.2) is 17.9 Å². The molecule has 0 bridgehead atoms. The first-order valence-electron chi connectivity index (χ1n) is 9.77. The Morgan fingerprint density at radius 1 is 1.28 bits per heavy atom. The molecule has 1 unspecified atom stereocenters. The molecule has 2 rings (SSSR count). The molecule has 2 N–H and O–H groups in total. The average Bonchev–Trinajstić information content (AvgIpc) is 3.07. The van der Waals surface area contributed by atoms with Gasteiger partial charge in [-0.15, -0.1) is 0 Å². The van der Waals surface area contributed by atoms with Crippen LogP contribution < -0.4 is 10.0 Å². The van der Waals surface area contributed by atoms with Gasteiger partial charge >= 0.3 is 6.09 Å². The minimum Gasteiger partial charge on any atom is -0.444 e. The van der Waals surface area contributed by atoms with Crippen molar-refractivity contribution < 1.29 is 22.7 Å². The Labute approximate surface area is 173 Å². The predicted octanol–water partition coefficient (Wildman–Crippen LogP) is 2.39. The van der Waals surface area contributed by atoms with Crippen LogP contribution in [0.4, 0.5) is 4.79 Å². The number of nitrogens with one attached hydrogen (secondary N) is 2. The van der Waals surface area contributed by atoms with E-state index in [-0.39, 0.29) is 23.4 Å². The molecular weight excluding hydrogens is 394 g/mol. The number of carbonyl (C=O) groups is 2. The van der Waals surface area contributed by atoms with Crippen LogP contribution in [0.25, 0.3) is 0 Å². The highest BCUT2D eigenvalue weighted by Gasteiger charge is 2.36. The molecule has 0 aromatic heterocycles. The Bertz CT molecular complexity index is 846. The number of rotatable bonds is 6. The molecule has 0 spiro atoms. The van der Waals surface area contributed by atoms with Crippen LogP contribution in [-0.4, -0.2) is 49.5 Å². The summed E-state index contributed by atoms with van der Waals surface area (Å²) >= 11 is 0. The largest absolute Gasteiger partial charge is 0.444 e. The van der Waals surface area contributed by atoms with E-state index in [1.807, 2.05) is 0 Å². The molecule has 1 saturated heterocycles. The van der Waals surface area contributed by atoms with Crippen molar-refractivity contribution in [3.8, 4) is 0 Å². The first kappa shape index (κ1) is 23.2. The average molecular weight is 426 g/mol. The van der Waals surface area contributed by atoms with Gasteiger partial charge in [-0.1, -0.05) is 12.1 Å². The van der Waals surface area contributed by atoms with Crippen molar-refractivity contribution in [2.45, 2.75) is 76.6 Å². The number of carbonyl (C=O) groups excluding carboxylic acids is 2. The van der Waals surface area contributed by atoms with Crippen LogP contribution in [0.2, 0.25) is 0 Å². The lowest BCUT2D eigenvalue weighted by molar-refractivity contribution is -0.125. The van der Waals surface area contributed by atoms with E-state index in [1.54, 1.807) is 46.8 Å².